The molecule has 2 atom stereocenters. The van der Waals surface area contributed by atoms with Crippen LogP contribution < -0.4 is 5.32 Å². The highest BCUT2D eigenvalue weighted by Crippen LogP contribution is 2.13. The van der Waals surface area contributed by atoms with Crippen LogP contribution in [0.2, 0.25) is 0 Å². The molecule has 1 saturated heterocycles. The maximum absolute atomic E-state index is 11.9. The second kappa shape index (κ2) is 7.95. The van der Waals surface area contributed by atoms with Gasteiger partial charge in [-0.2, -0.15) is 0 Å². The Morgan fingerprint density at radius 2 is 2.27 bits per heavy atom. The minimum Gasteiger partial charge on any atom is -0.475 e. The van der Waals surface area contributed by atoms with Gasteiger partial charge in [-0.1, -0.05) is 0 Å². The van der Waals surface area contributed by atoms with E-state index in [0.29, 0.717) is 12.4 Å². The van der Waals surface area contributed by atoms with Gasteiger partial charge in [0, 0.05) is 6.61 Å². The number of hydrogen-bond donors (Lipinski definition) is 2. The number of nitrogens with one attached hydrogen (secondary N) is 1. The molecule has 1 aromatic rings. The Morgan fingerprint density at radius 3 is 2.91 bits per heavy atom. The van der Waals surface area contributed by atoms with Gasteiger partial charge in [0.05, 0.1) is 19.3 Å². The van der Waals surface area contributed by atoms with E-state index in [1.54, 1.807) is 6.92 Å². The van der Waals surface area contributed by atoms with Crippen molar-refractivity contribution in [1.29, 1.82) is 0 Å². The van der Waals surface area contributed by atoms with E-state index in [2.05, 4.69) is 5.32 Å². The molecule has 7 nitrogen and oxygen atoms in total. The predicted octanol–water partition coefficient (Wildman–Crippen LogP) is 1.57. The number of amides is 1. The molecule has 0 aromatic carbocycles. The van der Waals surface area contributed by atoms with E-state index in [1.807, 2.05) is 0 Å². The van der Waals surface area contributed by atoms with Gasteiger partial charge in [0.25, 0.3) is 0 Å². The number of furan rings is 1. The third-order valence-corrected chi connectivity index (χ3v) is 3.48. The van der Waals surface area contributed by atoms with E-state index in [-0.39, 0.29) is 24.3 Å². The van der Waals surface area contributed by atoms with Crippen molar-refractivity contribution >= 4 is 11.9 Å². The van der Waals surface area contributed by atoms with Gasteiger partial charge in [0.2, 0.25) is 11.7 Å². The summed E-state index contributed by atoms with van der Waals surface area (Å²) in [4.78, 5) is 22.6. The monoisotopic (exact) mass is 311 g/mol. The third kappa shape index (κ3) is 4.85. The lowest BCUT2D eigenvalue weighted by molar-refractivity contribution is -0.135. The fourth-order valence-corrected chi connectivity index (χ4v) is 2.17. The highest BCUT2D eigenvalue weighted by Gasteiger charge is 2.19. The van der Waals surface area contributed by atoms with Gasteiger partial charge in [-0.05, 0) is 38.3 Å². The summed E-state index contributed by atoms with van der Waals surface area (Å²) < 4.78 is 16.1. The summed E-state index contributed by atoms with van der Waals surface area (Å²) in [6.07, 6.45) is 2.62. The molecular formula is C15H21NO6. The number of aromatic carboxylic acids is 1. The molecular weight excluding hydrogens is 290 g/mol. The zero-order chi connectivity index (χ0) is 15.9. The summed E-state index contributed by atoms with van der Waals surface area (Å²) in [5, 5.41) is 11.4. The maximum Gasteiger partial charge on any atom is 0.371 e. The molecule has 0 saturated carbocycles. The van der Waals surface area contributed by atoms with Gasteiger partial charge in [0.15, 0.2) is 0 Å². The molecule has 0 bridgehead atoms. The standard InChI is InChI=1S/C15H21NO6/c1-10(21-9-12-4-2-3-7-20-12)14(17)16-8-11-5-6-13(22-11)15(18)19/h5-6,10,12H,2-4,7-9H2,1H3,(H,16,17)(H,18,19). The Labute approximate surface area is 128 Å². The number of carboxylic acid groups (broad SMARTS) is 1. The molecule has 1 aliphatic heterocycles. The van der Waals surface area contributed by atoms with E-state index < -0.39 is 12.1 Å². The van der Waals surface area contributed by atoms with Crippen LogP contribution in [0.25, 0.3) is 0 Å². The van der Waals surface area contributed by atoms with Crippen LogP contribution in [0.1, 0.15) is 42.5 Å². The molecule has 122 valence electrons. The summed E-state index contributed by atoms with van der Waals surface area (Å²) in [6, 6.07) is 2.87. The Bertz CT molecular complexity index is 506. The summed E-state index contributed by atoms with van der Waals surface area (Å²) in [6.45, 7) is 2.94. The Balaban J connectivity index is 1.70. The van der Waals surface area contributed by atoms with E-state index in [9.17, 15) is 9.59 Å². The van der Waals surface area contributed by atoms with Crippen LogP contribution in [0.3, 0.4) is 0 Å². The molecule has 1 fully saturated rings. The quantitative estimate of drug-likeness (QED) is 0.793. The molecule has 2 unspecified atom stereocenters. The molecule has 0 spiro atoms. The highest BCUT2D eigenvalue weighted by atomic mass is 16.5. The topological polar surface area (TPSA) is 98.0 Å². The minimum atomic E-state index is -1.14. The van der Waals surface area contributed by atoms with Crippen LogP contribution in [0.15, 0.2) is 16.5 Å². The minimum absolute atomic E-state index is 0.0622. The summed E-state index contributed by atoms with van der Waals surface area (Å²) in [7, 11) is 0. The average molecular weight is 311 g/mol. The van der Waals surface area contributed by atoms with Crippen molar-refractivity contribution in [3.05, 3.63) is 23.7 Å². The smallest absolute Gasteiger partial charge is 0.371 e. The Kier molecular flexibility index (Phi) is 5.97. The van der Waals surface area contributed by atoms with Crippen molar-refractivity contribution in [2.75, 3.05) is 13.2 Å². The van der Waals surface area contributed by atoms with Gasteiger partial charge in [-0.15, -0.1) is 0 Å². The number of carbonyl (C=O) groups is 2. The normalized spacial score (nSPS) is 19.6. The molecule has 2 N–H and O–H groups in total. The second-order valence-corrected chi connectivity index (χ2v) is 5.25. The molecule has 0 aliphatic carbocycles. The van der Waals surface area contributed by atoms with Crippen molar-refractivity contribution in [2.45, 2.75) is 44.9 Å². The Morgan fingerprint density at radius 1 is 1.45 bits per heavy atom. The fraction of sp³-hybridized carbons (Fsp3) is 0.600. The van der Waals surface area contributed by atoms with Crippen molar-refractivity contribution in [1.82, 2.24) is 5.32 Å². The molecule has 2 heterocycles. The maximum atomic E-state index is 11.9. The van der Waals surface area contributed by atoms with Gasteiger partial charge < -0.3 is 24.3 Å². The lowest BCUT2D eigenvalue weighted by Crippen LogP contribution is -2.36. The third-order valence-electron chi connectivity index (χ3n) is 3.48. The first kappa shape index (κ1) is 16.5. The number of carboxylic acids is 1. The van der Waals surface area contributed by atoms with Gasteiger partial charge in [-0.3, -0.25) is 4.79 Å². The van der Waals surface area contributed by atoms with Gasteiger partial charge in [0.1, 0.15) is 11.9 Å². The summed E-state index contributed by atoms with van der Waals surface area (Å²) in [5.41, 5.74) is 0. The molecule has 1 aromatic heterocycles. The van der Waals surface area contributed by atoms with Gasteiger partial charge in [-0.25, -0.2) is 4.79 Å². The molecule has 2 rings (SSSR count). The van der Waals surface area contributed by atoms with Crippen LogP contribution in [0, 0.1) is 0 Å². The zero-order valence-corrected chi connectivity index (χ0v) is 12.5. The molecule has 1 aliphatic rings. The van der Waals surface area contributed by atoms with E-state index in [0.717, 1.165) is 25.9 Å². The Hall–Kier alpha value is -1.86. The average Bonchev–Trinajstić information content (AvgIpc) is 3.00. The lowest BCUT2D eigenvalue weighted by atomic mass is 10.1. The van der Waals surface area contributed by atoms with Crippen molar-refractivity contribution in [3.8, 4) is 0 Å². The first-order valence-corrected chi connectivity index (χ1v) is 7.39. The first-order chi connectivity index (χ1) is 10.6. The zero-order valence-electron chi connectivity index (χ0n) is 12.5. The van der Waals surface area contributed by atoms with Crippen LogP contribution >= 0.6 is 0 Å². The van der Waals surface area contributed by atoms with Gasteiger partial charge >= 0.3 is 5.97 Å². The van der Waals surface area contributed by atoms with E-state index >= 15 is 0 Å². The van der Waals surface area contributed by atoms with Crippen molar-refractivity contribution in [3.63, 3.8) is 0 Å². The lowest BCUT2D eigenvalue weighted by Gasteiger charge is -2.23. The second-order valence-electron chi connectivity index (χ2n) is 5.25. The van der Waals surface area contributed by atoms with Crippen molar-refractivity contribution in [2.24, 2.45) is 0 Å². The van der Waals surface area contributed by atoms with Crippen LogP contribution in [0.4, 0.5) is 0 Å². The molecule has 0 radical (unpaired) electrons. The number of rotatable bonds is 7. The van der Waals surface area contributed by atoms with Crippen LogP contribution in [-0.2, 0) is 20.8 Å². The van der Waals surface area contributed by atoms with Crippen molar-refractivity contribution < 1.29 is 28.6 Å². The molecule has 1 amide bonds. The summed E-state index contributed by atoms with van der Waals surface area (Å²) in [5.74, 6) is -1.18. The molecule has 22 heavy (non-hydrogen) atoms. The van der Waals surface area contributed by atoms with E-state index in [1.165, 1.54) is 12.1 Å². The van der Waals surface area contributed by atoms with E-state index in [4.69, 9.17) is 19.0 Å². The SMILES string of the molecule is CC(OCC1CCCCO1)C(=O)NCc1ccc(C(=O)O)o1. The molecule has 7 heteroatoms. The largest absolute Gasteiger partial charge is 0.475 e. The number of carbonyl (C=O) groups excluding carboxylic acids is 1. The highest BCUT2D eigenvalue weighted by molar-refractivity contribution is 5.84. The van der Waals surface area contributed by atoms with Crippen LogP contribution in [0.5, 0.6) is 0 Å². The summed E-state index contributed by atoms with van der Waals surface area (Å²) >= 11 is 0. The fourth-order valence-electron chi connectivity index (χ4n) is 2.17. The predicted molar refractivity (Wildman–Crippen MR) is 76.5 cm³/mol. The number of ether oxygens (including phenoxy) is 2. The first-order valence-electron chi connectivity index (χ1n) is 7.39. The number of hydrogen-bond acceptors (Lipinski definition) is 5. The van der Waals surface area contributed by atoms with Crippen LogP contribution in [-0.4, -0.2) is 42.4 Å².